The van der Waals surface area contributed by atoms with Gasteiger partial charge in [-0.25, -0.2) is 0 Å². The smallest absolute Gasteiger partial charge is 0.0417 e. The second-order valence-electron chi connectivity index (χ2n) is 3.88. The fourth-order valence-electron chi connectivity index (χ4n) is 1.56. The van der Waals surface area contributed by atoms with Crippen molar-refractivity contribution in [2.24, 2.45) is 11.8 Å². The zero-order chi connectivity index (χ0) is 10.7. The van der Waals surface area contributed by atoms with E-state index < -0.39 is 0 Å². The molecule has 1 atom stereocenters. The molecule has 0 spiro atoms. The van der Waals surface area contributed by atoms with Crippen molar-refractivity contribution >= 4 is 23.4 Å². The molecule has 1 aromatic carbocycles. The first-order valence-electron chi connectivity index (χ1n) is 5.14. The summed E-state index contributed by atoms with van der Waals surface area (Å²) in [5.41, 5.74) is 2.90. The molecular weight excluding hydrogens is 228 g/mol. The Balaban J connectivity index is 1.86. The van der Waals surface area contributed by atoms with E-state index in [1.165, 1.54) is 17.7 Å². The van der Waals surface area contributed by atoms with Crippen LogP contribution in [0.25, 0.3) is 0 Å². The van der Waals surface area contributed by atoms with Crippen molar-refractivity contribution in [1.29, 1.82) is 0 Å². The molecule has 0 bridgehead atoms. The van der Waals surface area contributed by atoms with Gasteiger partial charge in [0.15, 0.2) is 0 Å². The molecule has 0 aliphatic heterocycles. The first-order valence-corrected chi connectivity index (χ1v) is 6.50. The topological polar surface area (TPSA) is 38.0 Å². The number of benzene rings is 1. The van der Waals surface area contributed by atoms with E-state index in [2.05, 4.69) is 11.5 Å². The van der Waals surface area contributed by atoms with E-state index in [0.29, 0.717) is 6.04 Å². The SMILES string of the molecule is NNC(CSc1cccc(Cl)c1)C1CC1. The highest BCUT2D eigenvalue weighted by atomic mass is 35.5. The molecule has 2 nitrogen and oxygen atoms in total. The molecule has 1 aromatic rings. The second-order valence-corrected chi connectivity index (χ2v) is 5.41. The average Bonchev–Trinajstić information content (AvgIpc) is 3.03. The highest BCUT2D eigenvalue weighted by Crippen LogP contribution is 2.35. The van der Waals surface area contributed by atoms with Gasteiger partial charge in [-0.15, -0.1) is 11.8 Å². The maximum Gasteiger partial charge on any atom is 0.0417 e. The molecule has 1 unspecified atom stereocenters. The van der Waals surface area contributed by atoms with Crippen molar-refractivity contribution in [2.45, 2.75) is 23.8 Å². The molecule has 2 rings (SSSR count). The van der Waals surface area contributed by atoms with Gasteiger partial charge in [-0.3, -0.25) is 11.3 Å². The maximum absolute atomic E-state index is 5.92. The average molecular weight is 243 g/mol. The summed E-state index contributed by atoms with van der Waals surface area (Å²) in [6, 6.07) is 8.38. The Morgan fingerprint density at radius 2 is 2.33 bits per heavy atom. The van der Waals surface area contributed by atoms with E-state index in [1.54, 1.807) is 0 Å². The lowest BCUT2D eigenvalue weighted by molar-refractivity contribution is 0.520. The Hall–Kier alpha value is -0.220. The molecule has 15 heavy (non-hydrogen) atoms. The molecule has 1 fully saturated rings. The zero-order valence-corrected chi connectivity index (χ0v) is 10.0. The third-order valence-corrected chi connectivity index (χ3v) is 3.98. The number of hydrogen-bond donors (Lipinski definition) is 2. The van der Waals surface area contributed by atoms with E-state index >= 15 is 0 Å². The number of rotatable bonds is 5. The number of hydrazine groups is 1. The number of nitrogens with two attached hydrogens (primary N) is 1. The highest BCUT2D eigenvalue weighted by molar-refractivity contribution is 7.99. The van der Waals surface area contributed by atoms with Crippen molar-refractivity contribution in [1.82, 2.24) is 5.43 Å². The van der Waals surface area contributed by atoms with Crippen LogP contribution in [0.1, 0.15) is 12.8 Å². The van der Waals surface area contributed by atoms with Gasteiger partial charge in [0.1, 0.15) is 0 Å². The van der Waals surface area contributed by atoms with E-state index in [4.69, 9.17) is 17.4 Å². The predicted molar refractivity (Wildman–Crippen MR) is 66.0 cm³/mol. The summed E-state index contributed by atoms with van der Waals surface area (Å²) in [6.07, 6.45) is 2.62. The van der Waals surface area contributed by atoms with Gasteiger partial charge in [-0.2, -0.15) is 0 Å². The van der Waals surface area contributed by atoms with Crippen LogP contribution in [0, 0.1) is 5.92 Å². The fraction of sp³-hybridized carbons (Fsp3) is 0.455. The minimum Gasteiger partial charge on any atom is -0.271 e. The highest BCUT2D eigenvalue weighted by Gasteiger charge is 2.30. The van der Waals surface area contributed by atoms with Gasteiger partial charge in [-0.1, -0.05) is 17.7 Å². The molecule has 3 N–H and O–H groups in total. The van der Waals surface area contributed by atoms with Gasteiger partial charge in [0.25, 0.3) is 0 Å². The molecular formula is C11H15ClN2S. The number of thioether (sulfide) groups is 1. The Morgan fingerprint density at radius 1 is 1.53 bits per heavy atom. The summed E-state index contributed by atoms with van der Waals surface area (Å²) in [4.78, 5) is 1.21. The van der Waals surface area contributed by atoms with Crippen molar-refractivity contribution in [2.75, 3.05) is 5.75 Å². The van der Waals surface area contributed by atoms with Gasteiger partial charge in [0.05, 0.1) is 0 Å². The van der Waals surface area contributed by atoms with E-state index in [9.17, 15) is 0 Å². The van der Waals surface area contributed by atoms with Gasteiger partial charge < -0.3 is 0 Å². The molecule has 1 aliphatic carbocycles. The van der Waals surface area contributed by atoms with Crippen LogP contribution in [-0.2, 0) is 0 Å². The van der Waals surface area contributed by atoms with Crippen LogP contribution in [-0.4, -0.2) is 11.8 Å². The Labute approximate surface area is 99.5 Å². The van der Waals surface area contributed by atoms with Crippen LogP contribution in [0.3, 0.4) is 0 Å². The van der Waals surface area contributed by atoms with Gasteiger partial charge in [0, 0.05) is 21.7 Å². The monoisotopic (exact) mass is 242 g/mol. The predicted octanol–water partition coefficient (Wildman–Crippen LogP) is 2.67. The molecule has 1 aliphatic rings. The molecule has 0 saturated heterocycles. The summed E-state index contributed by atoms with van der Waals surface area (Å²) in [7, 11) is 0. The molecule has 0 aromatic heterocycles. The second kappa shape index (κ2) is 5.21. The van der Waals surface area contributed by atoms with Crippen molar-refractivity contribution in [3.8, 4) is 0 Å². The van der Waals surface area contributed by atoms with Crippen LogP contribution >= 0.6 is 23.4 Å². The lowest BCUT2D eigenvalue weighted by Gasteiger charge is -2.14. The van der Waals surface area contributed by atoms with Crippen molar-refractivity contribution < 1.29 is 0 Å². The minimum absolute atomic E-state index is 0.439. The van der Waals surface area contributed by atoms with Crippen LogP contribution in [0.4, 0.5) is 0 Å². The van der Waals surface area contributed by atoms with Crippen molar-refractivity contribution in [3.63, 3.8) is 0 Å². The third-order valence-electron chi connectivity index (χ3n) is 2.63. The third kappa shape index (κ3) is 3.38. The quantitative estimate of drug-likeness (QED) is 0.474. The Morgan fingerprint density at radius 3 is 2.93 bits per heavy atom. The Kier molecular flexibility index (Phi) is 3.92. The standard InChI is InChI=1S/C11H15ClN2S/c12-9-2-1-3-10(6-9)15-7-11(14-13)8-4-5-8/h1-3,6,8,11,14H,4-5,7,13H2. The van der Waals surface area contributed by atoms with Crippen molar-refractivity contribution in [3.05, 3.63) is 29.3 Å². The van der Waals surface area contributed by atoms with E-state index in [0.717, 1.165) is 16.7 Å². The lowest BCUT2D eigenvalue weighted by atomic mass is 10.2. The minimum atomic E-state index is 0.439. The molecule has 82 valence electrons. The van der Waals surface area contributed by atoms with E-state index in [1.807, 2.05) is 30.0 Å². The summed E-state index contributed by atoms with van der Waals surface area (Å²) < 4.78 is 0. The summed E-state index contributed by atoms with van der Waals surface area (Å²) in [6.45, 7) is 0. The largest absolute Gasteiger partial charge is 0.271 e. The lowest BCUT2D eigenvalue weighted by Crippen LogP contribution is -2.38. The number of hydrogen-bond acceptors (Lipinski definition) is 3. The van der Waals surface area contributed by atoms with Crippen LogP contribution in [0.2, 0.25) is 5.02 Å². The zero-order valence-electron chi connectivity index (χ0n) is 8.45. The first kappa shape index (κ1) is 11.3. The summed E-state index contributed by atoms with van der Waals surface area (Å²) in [5.74, 6) is 7.31. The molecule has 1 saturated carbocycles. The van der Waals surface area contributed by atoms with Crippen LogP contribution in [0.5, 0.6) is 0 Å². The van der Waals surface area contributed by atoms with Gasteiger partial charge >= 0.3 is 0 Å². The molecule has 4 heteroatoms. The van der Waals surface area contributed by atoms with Gasteiger partial charge in [-0.05, 0) is 37.0 Å². The van der Waals surface area contributed by atoms with Crippen LogP contribution in [0.15, 0.2) is 29.2 Å². The molecule has 0 amide bonds. The number of nitrogens with one attached hydrogen (secondary N) is 1. The number of halogens is 1. The van der Waals surface area contributed by atoms with E-state index in [-0.39, 0.29) is 0 Å². The normalized spacial score (nSPS) is 17.7. The Bertz CT molecular complexity index is 328. The molecule has 0 heterocycles. The molecule has 0 radical (unpaired) electrons. The van der Waals surface area contributed by atoms with Crippen LogP contribution < -0.4 is 11.3 Å². The maximum atomic E-state index is 5.92. The van der Waals surface area contributed by atoms with Gasteiger partial charge in [0.2, 0.25) is 0 Å². The first-order chi connectivity index (χ1) is 7.29. The fourth-order valence-corrected chi connectivity index (χ4v) is 2.94. The summed E-state index contributed by atoms with van der Waals surface area (Å²) in [5, 5.41) is 0.795. The summed E-state index contributed by atoms with van der Waals surface area (Å²) >= 11 is 7.72.